The third kappa shape index (κ3) is 3.37. The van der Waals surface area contributed by atoms with Gasteiger partial charge in [-0.1, -0.05) is 0 Å². The molecule has 1 unspecified atom stereocenters. The summed E-state index contributed by atoms with van der Waals surface area (Å²) >= 11 is 1.63. The lowest BCUT2D eigenvalue weighted by molar-refractivity contribution is 0.0939. The van der Waals surface area contributed by atoms with Gasteiger partial charge in [-0.3, -0.25) is 4.79 Å². The van der Waals surface area contributed by atoms with E-state index >= 15 is 0 Å². The van der Waals surface area contributed by atoms with Crippen molar-refractivity contribution < 1.29 is 9.18 Å². The van der Waals surface area contributed by atoms with Crippen molar-refractivity contribution >= 4 is 17.2 Å². The van der Waals surface area contributed by atoms with Crippen LogP contribution in [0.5, 0.6) is 0 Å². The molecular formula is C13H13FN2OS. The van der Waals surface area contributed by atoms with Gasteiger partial charge < -0.3 is 5.32 Å². The van der Waals surface area contributed by atoms with Crippen LogP contribution in [0.1, 0.15) is 22.8 Å². The summed E-state index contributed by atoms with van der Waals surface area (Å²) in [4.78, 5) is 15.3. The Morgan fingerprint density at radius 3 is 2.94 bits per heavy atom. The van der Waals surface area contributed by atoms with Crippen molar-refractivity contribution in [2.24, 2.45) is 0 Å². The molecule has 0 aliphatic rings. The molecular weight excluding hydrogens is 251 g/mol. The van der Waals surface area contributed by atoms with Crippen LogP contribution in [-0.4, -0.2) is 16.9 Å². The van der Waals surface area contributed by atoms with E-state index in [9.17, 15) is 9.18 Å². The van der Waals surface area contributed by atoms with Crippen LogP contribution in [0.3, 0.4) is 0 Å². The number of carbonyl (C=O) groups excluding carboxylic acids is 1. The summed E-state index contributed by atoms with van der Waals surface area (Å²) in [7, 11) is 0. The van der Waals surface area contributed by atoms with Gasteiger partial charge in [0, 0.05) is 12.2 Å². The highest BCUT2D eigenvalue weighted by Gasteiger charge is 2.10. The lowest BCUT2D eigenvalue weighted by atomic mass is 10.1. The van der Waals surface area contributed by atoms with E-state index in [-0.39, 0.29) is 11.9 Å². The van der Waals surface area contributed by atoms with Gasteiger partial charge in [-0.2, -0.15) is 15.7 Å². The summed E-state index contributed by atoms with van der Waals surface area (Å²) in [5.41, 5.74) is 1.57. The molecule has 2 rings (SSSR count). The van der Waals surface area contributed by atoms with E-state index in [1.807, 2.05) is 18.4 Å². The molecule has 0 saturated heterocycles. The molecule has 18 heavy (non-hydrogen) atoms. The van der Waals surface area contributed by atoms with Crippen LogP contribution in [0, 0.1) is 5.95 Å². The average Bonchev–Trinajstić information content (AvgIpc) is 2.82. The van der Waals surface area contributed by atoms with Gasteiger partial charge in [-0.05, 0) is 47.9 Å². The van der Waals surface area contributed by atoms with Crippen LogP contribution >= 0.6 is 11.3 Å². The number of halogens is 1. The first-order valence-corrected chi connectivity index (χ1v) is 6.53. The Hall–Kier alpha value is -1.75. The van der Waals surface area contributed by atoms with Crippen molar-refractivity contribution in [3.05, 3.63) is 52.2 Å². The standard InChI is InChI=1S/C13H13FN2OS/c1-9(6-10-4-5-18-8-10)16-13(17)11-2-3-12(14)15-7-11/h2-5,7-9H,6H2,1H3,(H,16,17). The van der Waals surface area contributed by atoms with Crippen LogP contribution in [0.25, 0.3) is 0 Å². The SMILES string of the molecule is CC(Cc1ccsc1)NC(=O)c1ccc(F)nc1. The molecule has 0 bridgehead atoms. The molecule has 2 aromatic heterocycles. The van der Waals surface area contributed by atoms with E-state index < -0.39 is 5.95 Å². The Kier molecular flexibility index (Phi) is 4.04. The number of amides is 1. The summed E-state index contributed by atoms with van der Waals surface area (Å²) in [6.45, 7) is 1.94. The number of hydrogen-bond acceptors (Lipinski definition) is 3. The third-order valence-electron chi connectivity index (χ3n) is 2.49. The number of aromatic nitrogens is 1. The predicted octanol–water partition coefficient (Wildman–Crippen LogP) is 2.64. The van der Waals surface area contributed by atoms with Crippen molar-refractivity contribution in [1.82, 2.24) is 10.3 Å². The zero-order valence-electron chi connectivity index (χ0n) is 9.89. The van der Waals surface area contributed by atoms with E-state index in [1.54, 1.807) is 11.3 Å². The van der Waals surface area contributed by atoms with Crippen LogP contribution in [-0.2, 0) is 6.42 Å². The smallest absolute Gasteiger partial charge is 0.253 e. The van der Waals surface area contributed by atoms with Gasteiger partial charge in [-0.15, -0.1) is 0 Å². The second-order valence-electron chi connectivity index (χ2n) is 4.08. The molecule has 1 N–H and O–H groups in total. The monoisotopic (exact) mass is 264 g/mol. The molecule has 0 aromatic carbocycles. The first kappa shape index (κ1) is 12.7. The van der Waals surface area contributed by atoms with Gasteiger partial charge in [0.2, 0.25) is 5.95 Å². The molecule has 2 heterocycles. The zero-order valence-corrected chi connectivity index (χ0v) is 10.7. The number of carbonyl (C=O) groups is 1. The summed E-state index contributed by atoms with van der Waals surface area (Å²) in [5, 5.41) is 6.92. The number of rotatable bonds is 4. The number of nitrogens with one attached hydrogen (secondary N) is 1. The fourth-order valence-corrected chi connectivity index (χ4v) is 2.31. The van der Waals surface area contributed by atoms with E-state index in [2.05, 4.69) is 15.7 Å². The summed E-state index contributed by atoms with van der Waals surface area (Å²) < 4.78 is 12.6. The topological polar surface area (TPSA) is 42.0 Å². The number of thiophene rings is 1. The molecule has 0 spiro atoms. The molecule has 1 amide bonds. The Morgan fingerprint density at radius 1 is 1.50 bits per heavy atom. The van der Waals surface area contributed by atoms with Crippen LogP contribution in [0.2, 0.25) is 0 Å². The molecule has 5 heteroatoms. The molecule has 94 valence electrons. The Morgan fingerprint density at radius 2 is 2.33 bits per heavy atom. The second-order valence-corrected chi connectivity index (χ2v) is 4.86. The Bertz CT molecular complexity index is 510. The fourth-order valence-electron chi connectivity index (χ4n) is 1.63. The van der Waals surface area contributed by atoms with Crippen molar-refractivity contribution in [1.29, 1.82) is 0 Å². The third-order valence-corrected chi connectivity index (χ3v) is 3.22. The molecule has 0 radical (unpaired) electrons. The molecule has 0 aliphatic heterocycles. The van der Waals surface area contributed by atoms with E-state index in [0.717, 1.165) is 6.42 Å². The van der Waals surface area contributed by atoms with Crippen molar-refractivity contribution in [2.75, 3.05) is 0 Å². The molecule has 2 aromatic rings. The van der Waals surface area contributed by atoms with Gasteiger partial charge in [-0.25, -0.2) is 4.98 Å². The largest absolute Gasteiger partial charge is 0.349 e. The molecule has 3 nitrogen and oxygen atoms in total. The van der Waals surface area contributed by atoms with E-state index in [0.29, 0.717) is 5.56 Å². The minimum Gasteiger partial charge on any atom is -0.349 e. The van der Waals surface area contributed by atoms with Gasteiger partial charge in [0.15, 0.2) is 0 Å². The molecule has 0 saturated carbocycles. The lowest BCUT2D eigenvalue weighted by Crippen LogP contribution is -2.34. The number of pyridine rings is 1. The normalized spacial score (nSPS) is 12.1. The van der Waals surface area contributed by atoms with Gasteiger partial charge >= 0.3 is 0 Å². The minimum atomic E-state index is -0.585. The van der Waals surface area contributed by atoms with E-state index in [1.165, 1.54) is 23.9 Å². The maximum Gasteiger partial charge on any atom is 0.253 e. The first-order chi connectivity index (χ1) is 8.65. The van der Waals surface area contributed by atoms with Gasteiger partial charge in [0.1, 0.15) is 0 Å². The molecule has 0 aliphatic carbocycles. The highest BCUT2D eigenvalue weighted by Crippen LogP contribution is 2.09. The summed E-state index contributed by atoms with van der Waals surface area (Å²) in [6, 6.07) is 4.66. The fraction of sp³-hybridized carbons (Fsp3) is 0.231. The highest BCUT2D eigenvalue weighted by molar-refractivity contribution is 7.07. The maximum absolute atomic E-state index is 12.6. The van der Waals surface area contributed by atoms with E-state index in [4.69, 9.17) is 0 Å². The molecule has 0 fully saturated rings. The average molecular weight is 264 g/mol. The van der Waals surface area contributed by atoms with Gasteiger partial charge in [0.25, 0.3) is 5.91 Å². The quantitative estimate of drug-likeness (QED) is 0.863. The number of hydrogen-bond donors (Lipinski definition) is 1. The number of nitrogens with zero attached hydrogens (tertiary/aromatic N) is 1. The van der Waals surface area contributed by atoms with Crippen molar-refractivity contribution in [2.45, 2.75) is 19.4 Å². The molecule has 1 atom stereocenters. The lowest BCUT2D eigenvalue weighted by Gasteiger charge is -2.12. The van der Waals surface area contributed by atoms with Crippen molar-refractivity contribution in [3.8, 4) is 0 Å². The second kappa shape index (κ2) is 5.73. The van der Waals surface area contributed by atoms with Crippen molar-refractivity contribution in [3.63, 3.8) is 0 Å². The van der Waals surface area contributed by atoms with Crippen LogP contribution in [0.4, 0.5) is 4.39 Å². The van der Waals surface area contributed by atoms with Crippen LogP contribution < -0.4 is 5.32 Å². The summed E-state index contributed by atoms with van der Waals surface area (Å²) in [6.07, 6.45) is 2.02. The minimum absolute atomic E-state index is 0.0251. The van der Waals surface area contributed by atoms with Crippen LogP contribution in [0.15, 0.2) is 35.2 Å². The first-order valence-electron chi connectivity index (χ1n) is 5.58. The zero-order chi connectivity index (χ0) is 13.0. The highest BCUT2D eigenvalue weighted by atomic mass is 32.1. The Labute approximate surface area is 109 Å². The van der Waals surface area contributed by atoms with Gasteiger partial charge in [0.05, 0.1) is 5.56 Å². The Balaban J connectivity index is 1.92. The maximum atomic E-state index is 12.6. The summed E-state index contributed by atoms with van der Waals surface area (Å²) in [5.74, 6) is -0.817. The predicted molar refractivity (Wildman–Crippen MR) is 69.1 cm³/mol.